The number of carboxylic acid groups (broad SMARTS) is 1. The third-order valence-corrected chi connectivity index (χ3v) is 1.37. The van der Waals surface area contributed by atoms with Gasteiger partial charge in [-0.25, -0.2) is 4.79 Å². The molecule has 7 heteroatoms. The predicted molar refractivity (Wildman–Crippen MR) is 37.4 cm³/mol. The summed E-state index contributed by atoms with van der Waals surface area (Å²) in [6.45, 7) is 0. The molecule has 4 atom stereocenters. The largest absolute Gasteiger partial charge is 0.479 e. The molecule has 0 saturated heterocycles. The zero-order chi connectivity index (χ0) is 10.6. The Bertz CT molecular complexity index is 191. The van der Waals surface area contributed by atoms with Crippen LogP contribution in [0.25, 0.3) is 0 Å². The minimum atomic E-state index is -2.27. The van der Waals surface area contributed by atoms with Crippen molar-refractivity contribution in [3.05, 3.63) is 0 Å². The van der Waals surface area contributed by atoms with Gasteiger partial charge in [0, 0.05) is 0 Å². The van der Waals surface area contributed by atoms with Gasteiger partial charge in [-0.3, -0.25) is 4.79 Å². The van der Waals surface area contributed by atoms with Gasteiger partial charge in [-0.1, -0.05) is 0 Å². The molecule has 0 amide bonds. The lowest BCUT2D eigenvalue weighted by atomic mass is 10.0. The summed E-state index contributed by atoms with van der Waals surface area (Å²) in [5, 5.41) is 43.1. The van der Waals surface area contributed by atoms with Gasteiger partial charge in [0.2, 0.25) is 6.29 Å². The molecule has 0 unspecified atom stereocenters. The molecule has 0 bridgehead atoms. The van der Waals surface area contributed by atoms with Gasteiger partial charge in [0.15, 0.2) is 6.10 Å². The van der Waals surface area contributed by atoms with Gasteiger partial charge in [0.05, 0.1) is 0 Å². The van der Waals surface area contributed by atoms with E-state index in [1.807, 2.05) is 0 Å². The Balaban J connectivity index is 4.32. The second kappa shape index (κ2) is 4.87. The third kappa shape index (κ3) is 3.07. The van der Waals surface area contributed by atoms with Crippen molar-refractivity contribution in [1.29, 1.82) is 0 Å². The first-order valence-electron chi connectivity index (χ1n) is 3.24. The number of carbonyl (C=O) groups excluding carboxylic acids is 1. The molecule has 0 heterocycles. The Hall–Kier alpha value is -1.02. The highest BCUT2D eigenvalue weighted by Crippen LogP contribution is 2.03. The standard InChI is InChI=1S/C6H9O7/c7-1-2(8)3(9)4(10)5(11)6(12)13/h2-5,8-11H,(H,12,13)/t2-,3+,4-,5-/m0/s1. The van der Waals surface area contributed by atoms with Crippen molar-refractivity contribution in [2.75, 3.05) is 0 Å². The highest BCUT2D eigenvalue weighted by Gasteiger charge is 2.34. The van der Waals surface area contributed by atoms with Gasteiger partial charge in [0.25, 0.3) is 0 Å². The lowest BCUT2D eigenvalue weighted by molar-refractivity contribution is -0.160. The summed E-state index contributed by atoms with van der Waals surface area (Å²) in [5.74, 6) is -1.77. The molecule has 75 valence electrons. The van der Waals surface area contributed by atoms with Crippen LogP contribution in [0.4, 0.5) is 0 Å². The molecule has 0 rings (SSSR count). The molecule has 0 aromatic heterocycles. The van der Waals surface area contributed by atoms with Crippen LogP contribution in [0.3, 0.4) is 0 Å². The fourth-order valence-electron chi connectivity index (χ4n) is 0.589. The van der Waals surface area contributed by atoms with E-state index in [9.17, 15) is 9.59 Å². The second-order valence-corrected chi connectivity index (χ2v) is 2.33. The molecular formula is C6H9O7. The minimum Gasteiger partial charge on any atom is -0.479 e. The summed E-state index contributed by atoms with van der Waals surface area (Å²) >= 11 is 0. The summed E-state index contributed by atoms with van der Waals surface area (Å²) in [6.07, 6.45) is -7.61. The summed E-state index contributed by atoms with van der Waals surface area (Å²) < 4.78 is 0. The Morgan fingerprint density at radius 3 is 1.85 bits per heavy atom. The molecule has 0 aliphatic rings. The van der Waals surface area contributed by atoms with E-state index in [-0.39, 0.29) is 0 Å². The Kier molecular flexibility index (Phi) is 4.49. The number of aliphatic carboxylic acids is 1. The van der Waals surface area contributed by atoms with Crippen LogP contribution in [0.1, 0.15) is 0 Å². The Morgan fingerprint density at radius 2 is 1.54 bits per heavy atom. The second-order valence-electron chi connectivity index (χ2n) is 2.33. The molecule has 0 aromatic carbocycles. The van der Waals surface area contributed by atoms with Crippen LogP contribution in [0, 0.1) is 0 Å². The van der Waals surface area contributed by atoms with Crippen molar-refractivity contribution in [3.8, 4) is 0 Å². The van der Waals surface area contributed by atoms with E-state index in [2.05, 4.69) is 0 Å². The van der Waals surface area contributed by atoms with Gasteiger partial charge in [-0.05, 0) is 0 Å². The zero-order valence-electron chi connectivity index (χ0n) is 6.36. The number of hydrogen-bond donors (Lipinski definition) is 5. The summed E-state index contributed by atoms with van der Waals surface area (Å²) in [7, 11) is 0. The van der Waals surface area contributed by atoms with Crippen LogP contribution in [0.2, 0.25) is 0 Å². The predicted octanol–water partition coefficient (Wildman–Crippen LogP) is -3.38. The monoisotopic (exact) mass is 193 g/mol. The molecule has 7 nitrogen and oxygen atoms in total. The van der Waals surface area contributed by atoms with Gasteiger partial charge < -0.3 is 25.5 Å². The summed E-state index contributed by atoms with van der Waals surface area (Å²) in [5.41, 5.74) is 0. The quantitative estimate of drug-likeness (QED) is 0.307. The van der Waals surface area contributed by atoms with Crippen molar-refractivity contribution in [3.63, 3.8) is 0 Å². The average molecular weight is 193 g/mol. The smallest absolute Gasteiger partial charge is 0.335 e. The molecule has 13 heavy (non-hydrogen) atoms. The molecular weight excluding hydrogens is 184 g/mol. The number of hydrogen-bond acceptors (Lipinski definition) is 6. The van der Waals surface area contributed by atoms with E-state index in [1.54, 1.807) is 0 Å². The summed E-state index contributed by atoms with van der Waals surface area (Å²) in [4.78, 5) is 19.8. The van der Waals surface area contributed by atoms with Crippen molar-refractivity contribution in [2.24, 2.45) is 0 Å². The molecule has 0 saturated carbocycles. The van der Waals surface area contributed by atoms with E-state index in [4.69, 9.17) is 25.5 Å². The van der Waals surface area contributed by atoms with E-state index in [0.29, 0.717) is 0 Å². The van der Waals surface area contributed by atoms with E-state index < -0.39 is 30.4 Å². The maximum atomic E-state index is 10.1. The highest BCUT2D eigenvalue weighted by atomic mass is 16.4. The van der Waals surface area contributed by atoms with Crippen LogP contribution in [0.5, 0.6) is 0 Å². The van der Waals surface area contributed by atoms with Crippen molar-refractivity contribution >= 4 is 12.3 Å². The van der Waals surface area contributed by atoms with Crippen molar-refractivity contribution in [2.45, 2.75) is 24.4 Å². The molecule has 5 N–H and O–H groups in total. The average Bonchev–Trinajstić information content (AvgIpc) is 2.12. The molecule has 0 aliphatic heterocycles. The number of aliphatic hydroxyl groups excluding tert-OH is 4. The normalized spacial score (nSPS) is 20.0. The molecule has 0 fully saturated rings. The van der Waals surface area contributed by atoms with Gasteiger partial charge in [-0.15, -0.1) is 0 Å². The van der Waals surface area contributed by atoms with Crippen LogP contribution in [0.15, 0.2) is 0 Å². The maximum Gasteiger partial charge on any atom is 0.335 e. The topological polar surface area (TPSA) is 135 Å². The molecule has 0 aliphatic carbocycles. The number of carboxylic acids is 1. The lowest BCUT2D eigenvalue weighted by Crippen LogP contribution is -2.48. The van der Waals surface area contributed by atoms with Crippen LogP contribution < -0.4 is 0 Å². The van der Waals surface area contributed by atoms with Gasteiger partial charge in [-0.2, -0.15) is 0 Å². The number of rotatable bonds is 5. The first-order chi connectivity index (χ1) is 5.91. The van der Waals surface area contributed by atoms with Crippen molar-refractivity contribution in [1.82, 2.24) is 0 Å². The van der Waals surface area contributed by atoms with E-state index in [1.165, 1.54) is 0 Å². The highest BCUT2D eigenvalue weighted by molar-refractivity contribution is 5.73. The summed E-state index contributed by atoms with van der Waals surface area (Å²) in [6, 6.07) is 0. The minimum absolute atomic E-state index is 0.931. The van der Waals surface area contributed by atoms with Gasteiger partial charge >= 0.3 is 5.97 Å². The Labute approximate surface area is 72.9 Å². The first-order valence-corrected chi connectivity index (χ1v) is 3.24. The van der Waals surface area contributed by atoms with E-state index in [0.717, 1.165) is 6.29 Å². The van der Waals surface area contributed by atoms with E-state index >= 15 is 0 Å². The zero-order valence-corrected chi connectivity index (χ0v) is 6.36. The maximum absolute atomic E-state index is 10.1. The SMILES string of the molecule is O=[C][C@H](O)[C@@H](O)[C@H](O)[C@H](O)C(=O)O. The molecule has 0 spiro atoms. The fraction of sp³-hybridized carbons (Fsp3) is 0.667. The van der Waals surface area contributed by atoms with Crippen molar-refractivity contribution < 1.29 is 35.1 Å². The number of aliphatic hydroxyl groups is 4. The van der Waals surface area contributed by atoms with Crippen LogP contribution >= 0.6 is 0 Å². The fourth-order valence-corrected chi connectivity index (χ4v) is 0.589. The first kappa shape index (κ1) is 12.0. The van der Waals surface area contributed by atoms with Gasteiger partial charge in [0.1, 0.15) is 18.3 Å². The lowest BCUT2D eigenvalue weighted by Gasteiger charge is -2.20. The Morgan fingerprint density at radius 1 is 1.08 bits per heavy atom. The molecule has 0 aromatic rings. The van der Waals surface area contributed by atoms with Crippen LogP contribution in [-0.2, 0) is 9.59 Å². The third-order valence-electron chi connectivity index (χ3n) is 1.37. The molecule has 1 radical (unpaired) electrons. The van der Waals surface area contributed by atoms with Crippen LogP contribution in [-0.4, -0.2) is 62.2 Å². The number of carbonyl (C=O) groups is 1.